The van der Waals surface area contributed by atoms with Gasteiger partial charge in [0.25, 0.3) is 0 Å². The van der Waals surface area contributed by atoms with Gasteiger partial charge in [0.2, 0.25) is 5.88 Å². The van der Waals surface area contributed by atoms with Crippen LogP contribution in [0.5, 0.6) is 5.88 Å². The number of benzene rings is 1. The number of rotatable bonds is 5. The number of hydrogen-bond donors (Lipinski definition) is 0. The van der Waals surface area contributed by atoms with Crippen molar-refractivity contribution in [2.45, 2.75) is 27.4 Å². The van der Waals surface area contributed by atoms with Crippen LogP contribution in [0.1, 0.15) is 22.4 Å². The Hall–Kier alpha value is -3.59. The summed E-state index contributed by atoms with van der Waals surface area (Å²) in [7, 11) is 1.56. The standard InChI is InChI=1S/C21H20ClN7O2/c1-12-6-5-7-18(29-21(30)28(4)26-27-29)16(12)11-31-20-13(2)10-15(14(3)23-20)17-8-9-19(22)25-24-17/h5-10H,11H2,1-4H3. The molecule has 0 bridgehead atoms. The maximum atomic E-state index is 12.3. The lowest BCUT2D eigenvalue weighted by Gasteiger charge is -2.15. The van der Waals surface area contributed by atoms with E-state index in [4.69, 9.17) is 16.3 Å². The number of ether oxygens (including phenoxy) is 1. The summed E-state index contributed by atoms with van der Waals surface area (Å²) >= 11 is 5.84. The molecule has 9 nitrogen and oxygen atoms in total. The van der Waals surface area contributed by atoms with E-state index in [1.807, 2.05) is 45.0 Å². The molecule has 3 heterocycles. The smallest absolute Gasteiger partial charge is 0.368 e. The molecule has 0 saturated carbocycles. The maximum Gasteiger partial charge on any atom is 0.368 e. The third-order valence-electron chi connectivity index (χ3n) is 4.95. The second-order valence-electron chi connectivity index (χ2n) is 7.14. The zero-order chi connectivity index (χ0) is 22.1. The first-order chi connectivity index (χ1) is 14.8. The van der Waals surface area contributed by atoms with Crippen LogP contribution >= 0.6 is 11.6 Å². The molecule has 0 aliphatic carbocycles. The molecule has 4 aromatic rings. The normalized spacial score (nSPS) is 11.0. The lowest BCUT2D eigenvalue weighted by atomic mass is 10.1. The van der Waals surface area contributed by atoms with Crippen LogP contribution in [-0.2, 0) is 13.7 Å². The second kappa shape index (κ2) is 8.27. The fourth-order valence-corrected chi connectivity index (χ4v) is 3.33. The van der Waals surface area contributed by atoms with Gasteiger partial charge in [0.1, 0.15) is 6.61 Å². The molecule has 0 aliphatic rings. The highest BCUT2D eigenvalue weighted by atomic mass is 35.5. The topological polar surface area (TPSA) is 101 Å². The minimum Gasteiger partial charge on any atom is -0.473 e. The number of tetrazole rings is 1. The van der Waals surface area contributed by atoms with E-state index in [1.54, 1.807) is 19.2 Å². The van der Waals surface area contributed by atoms with E-state index in [2.05, 4.69) is 25.6 Å². The van der Waals surface area contributed by atoms with Crippen molar-refractivity contribution in [3.05, 3.63) is 74.4 Å². The first-order valence-corrected chi connectivity index (χ1v) is 9.91. The number of halogens is 1. The molecule has 0 aliphatic heterocycles. The van der Waals surface area contributed by atoms with E-state index < -0.39 is 0 Å². The fraction of sp³-hybridized carbons (Fsp3) is 0.238. The number of hydrogen-bond acceptors (Lipinski definition) is 7. The zero-order valence-electron chi connectivity index (χ0n) is 17.5. The Balaban J connectivity index is 1.65. The van der Waals surface area contributed by atoms with E-state index in [9.17, 15) is 4.79 Å². The minimum atomic E-state index is -0.328. The molecule has 0 amide bonds. The zero-order valence-corrected chi connectivity index (χ0v) is 18.3. The molecule has 0 fully saturated rings. The van der Waals surface area contributed by atoms with Crippen molar-refractivity contribution in [1.82, 2.24) is 35.0 Å². The third-order valence-corrected chi connectivity index (χ3v) is 5.16. The van der Waals surface area contributed by atoms with Crippen molar-refractivity contribution in [1.29, 1.82) is 0 Å². The van der Waals surface area contributed by atoms with Gasteiger partial charge in [-0.05, 0) is 61.0 Å². The summed E-state index contributed by atoms with van der Waals surface area (Å²) in [6.45, 7) is 5.98. The van der Waals surface area contributed by atoms with Crippen molar-refractivity contribution in [3.8, 4) is 22.8 Å². The van der Waals surface area contributed by atoms with E-state index in [0.29, 0.717) is 22.4 Å². The SMILES string of the molecule is Cc1cc(-c2ccc(Cl)nn2)c(C)nc1OCc1c(C)cccc1-n1nnn(C)c1=O. The van der Waals surface area contributed by atoms with E-state index in [0.717, 1.165) is 27.9 Å². The molecule has 158 valence electrons. The molecule has 0 N–H and O–H groups in total. The average molecular weight is 438 g/mol. The summed E-state index contributed by atoms with van der Waals surface area (Å²) in [5.74, 6) is 0.504. The Labute approximate surface area is 183 Å². The number of aryl methyl sites for hydroxylation is 4. The van der Waals surface area contributed by atoms with E-state index in [-0.39, 0.29) is 12.3 Å². The summed E-state index contributed by atoms with van der Waals surface area (Å²) in [6.07, 6.45) is 0. The highest BCUT2D eigenvalue weighted by molar-refractivity contribution is 6.29. The average Bonchev–Trinajstić information content (AvgIpc) is 3.08. The first kappa shape index (κ1) is 20.7. The van der Waals surface area contributed by atoms with Crippen molar-refractivity contribution in [2.75, 3.05) is 0 Å². The second-order valence-corrected chi connectivity index (χ2v) is 7.53. The predicted octanol–water partition coefficient (Wildman–Crippen LogP) is 2.98. The highest BCUT2D eigenvalue weighted by Gasteiger charge is 2.16. The Morgan fingerprint density at radius 3 is 2.52 bits per heavy atom. The van der Waals surface area contributed by atoms with Gasteiger partial charge in [-0.2, -0.15) is 9.36 Å². The first-order valence-electron chi connectivity index (χ1n) is 9.53. The van der Waals surface area contributed by atoms with Gasteiger partial charge in [0.05, 0.1) is 17.1 Å². The summed E-state index contributed by atoms with van der Waals surface area (Å²) < 4.78 is 8.51. The molecule has 3 aromatic heterocycles. The fourth-order valence-electron chi connectivity index (χ4n) is 3.23. The van der Waals surface area contributed by atoms with Gasteiger partial charge in [-0.15, -0.1) is 10.2 Å². The van der Waals surface area contributed by atoms with E-state index >= 15 is 0 Å². The molecule has 1 aromatic carbocycles. The molecule has 31 heavy (non-hydrogen) atoms. The van der Waals surface area contributed by atoms with E-state index in [1.165, 1.54) is 9.36 Å². The summed E-state index contributed by atoms with van der Waals surface area (Å²) in [6, 6.07) is 11.1. The lowest BCUT2D eigenvalue weighted by Crippen LogP contribution is -2.23. The van der Waals surface area contributed by atoms with Crippen LogP contribution in [-0.4, -0.2) is 35.0 Å². The van der Waals surface area contributed by atoms with Crippen LogP contribution in [0.25, 0.3) is 16.9 Å². The number of aromatic nitrogens is 7. The van der Waals surface area contributed by atoms with Crippen molar-refractivity contribution >= 4 is 11.6 Å². The van der Waals surface area contributed by atoms with Crippen LogP contribution in [0.15, 0.2) is 41.2 Å². The van der Waals surface area contributed by atoms with Gasteiger partial charge < -0.3 is 4.74 Å². The van der Waals surface area contributed by atoms with Gasteiger partial charge >= 0.3 is 5.69 Å². The van der Waals surface area contributed by atoms with Crippen LogP contribution in [0.4, 0.5) is 0 Å². The molecule has 0 radical (unpaired) electrons. The van der Waals surface area contributed by atoms with Crippen LogP contribution in [0.2, 0.25) is 5.15 Å². The third kappa shape index (κ3) is 4.04. The van der Waals surface area contributed by atoms with Crippen molar-refractivity contribution in [2.24, 2.45) is 7.05 Å². The van der Waals surface area contributed by atoms with Crippen LogP contribution in [0, 0.1) is 20.8 Å². The van der Waals surface area contributed by atoms with Crippen LogP contribution < -0.4 is 10.4 Å². The van der Waals surface area contributed by atoms with Gasteiger partial charge in [-0.25, -0.2) is 9.78 Å². The molecular formula is C21H20ClN7O2. The Bertz CT molecular complexity index is 1310. The molecule has 10 heteroatoms. The van der Waals surface area contributed by atoms with Gasteiger partial charge in [-0.3, -0.25) is 0 Å². The summed E-state index contributed by atoms with van der Waals surface area (Å²) in [5.41, 5.74) is 5.25. The Morgan fingerprint density at radius 2 is 1.84 bits per heavy atom. The quantitative estimate of drug-likeness (QED) is 0.473. The molecule has 0 saturated heterocycles. The van der Waals surface area contributed by atoms with Gasteiger partial charge in [0.15, 0.2) is 5.15 Å². The summed E-state index contributed by atoms with van der Waals surface area (Å²) in [4.78, 5) is 16.9. The molecule has 4 rings (SSSR count). The van der Waals surface area contributed by atoms with Crippen molar-refractivity contribution in [3.63, 3.8) is 0 Å². The minimum absolute atomic E-state index is 0.221. The Kier molecular flexibility index (Phi) is 5.51. The highest BCUT2D eigenvalue weighted by Crippen LogP contribution is 2.27. The number of nitrogens with zero attached hydrogens (tertiary/aromatic N) is 7. The molecule has 0 unspecified atom stereocenters. The maximum absolute atomic E-state index is 12.3. The Morgan fingerprint density at radius 1 is 1.03 bits per heavy atom. The van der Waals surface area contributed by atoms with Gasteiger partial charge in [0, 0.05) is 23.7 Å². The monoisotopic (exact) mass is 437 g/mol. The largest absolute Gasteiger partial charge is 0.473 e. The molecule has 0 atom stereocenters. The van der Waals surface area contributed by atoms with Crippen molar-refractivity contribution < 1.29 is 4.74 Å². The van der Waals surface area contributed by atoms with Gasteiger partial charge in [-0.1, -0.05) is 23.7 Å². The van der Waals surface area contributed by atoms with Crippen LogP contribution in [0.3, 0.4) is 0 Å². The predicted molar refractivity (Wildman–Crippen MR) is 115 cm³/mol. The number of pyridine rings is 1. The molecular weight excluding hydrogens is 418 g/mol. The summed E-state index contributed by atoms with van der Waals surface area (Å²) in [5, 5.41) is 16.1. The molecule has 0 spiro atoms. The lowest BCUT2D eigenvalue weighted by molar-refractivity contribution is 0.290.